The molecule has 0 fully saturated rings. The monoisotopic (exact) mass is 257 g/mol. The maximum atomic E-state index is 10.1. The summed E-state index contributed by atoms with van der Waals surface area (Å²) in [7, 11) is 0. The van der Waals surface area contributed by atoms with E-state index < -0.39 is 6.10 Å². The van der Waals surface area contributed by atoms with Crippen LogP contribution in [0, 0.1) is 0 Å². The molecular formula is C16H19NO2. The molecule has 0 spiro atoms. The summed E-state index contributed by atoms with van der Waals surface area (Å²) in [4.78, 5) is 2.13. The van der Waals surface area contributed by atoms with Crippen LogP contribution >= 0.6 is 0 Å². The van der Waals surface area contributed by atoms with Crippen LogP contribution in [0.1, 0.15) is 17.4 Å². The normalized spacial score (nSPS) is 12.5. The summed E-state index contributed by atoms with van der Waals surface area (Å²) in [5, 5.41) is 10.1. The highest BCUT2D eigenvalue weighted by Gasteiger charge is 2.15. The lowest BCUT2D eigenvalue weighted by molar-refractivity contribution is 0.0967. The quantitative estimate of drug-likeness (QED) is 0.775. The number of nitrogens with zero attached hydrogens (tertiary/aromatic N) is 1. The highest BCUT2D eigenvalue weighted by molar-refractivity contribution is 5.14. The van der Waals surface area contributed by atoms with Gasteiger partial charge in [0, 0.05) is 19.6 Å². The van der Waals surface area contributed by atoms with Crippen LogP contribution in [0.3, 0.4) is 0 Å². The Balaban J connectivity index is 1.98. The summed E-state index contributed by atoms with van der Waals surface area (Å²) in [6.07, 6.45) is 2.81. The van der Waals surface area contributed by atoms with E-state index in [9.17, 15) is 5.11 Å². The second-order valence-electron chi connectivity index (χ2n) is 4.50. The largest absolute Gasteiger partial charge is 0.467 e. The van der Waals surface area contributed by atoms with Gasteiger partial charge in [-0.05, 0) is 17.7 Å². The molecule has 100 valence electrons. The van der Waals surface area contributed by atoms with Gasteiger partial charge in [-0.15, -0.1) is 6.58 Å². The van der Waals surface area contributed by atoms with Crippen LogP contribution in [-0.4, -0.2) is 23.1 Å². The molecule has 1 N–H and O–H groups in total. The highest BCUT2D eigenvalue weighted by atomic mass is 16.4. The zero-order valence-electron chi connectivity index (χ0n) is 10.9. The van der Waals surface area contributed by atoms with E-state index in [2.05, 4.69) is 23.6 Å². The van der Waals surface area contributed by atoms with Gasteiger partial charge in [-0.1, -0.05) is 36.4 Å². The van der Waals surface area contributed by atoms with Crippen molar-refractivity contribution in [2.75, 3.05) is 13.1 Å². The number of hydrogen-bond acceptors (Lipinski definition) is 3. The molecule has 0 saturated carbocycles. The van der Waals surface area contributed by atoms with Gasteiger partial charge < -0.3 is 9.52 Å². The molecule has 1 aromatic heterocycles. The Hall–Kier alpha value is -1.84. The molecule has 1 unspecified atom stereocenters. The van der Waals surface area contributed by atoms with E-state index in [0.717, 1.165) is 13.1 Å². The Morgan fingerprint density at radius 3 is 2.63 bits per heavy atom. The molecule has 0 aliphatic rings. The van der Waals surface area contributed by atoms with Gasteiger partial charge in [-0.25, -0.2) is 0 Å². The van der Waals surface area contributed by atoms with Crippen LogP contribution in [0.2, 0.25) is 0 Å². The average molecular weight is 257 g/mol. The van der Waals surface area contributed by atoms with Gasteiger partial charge in [-0.2, -0.15) is 0 Å². The smallest absolute Gasteiger partial charge is 0.133 e. The molecule has 2 rings (SSSR count). The number of hydrogen-bond donors (Lipinski definition) is 1. The van der Waals surface area contributed by atoms with Crippen LogP contribution < -0.4 is 0 Å². The van der Waals surface area contributed by atoms with Gasteiger partial charge in [0.05, 0.1) is 6.26 Å². The topological polar surface area (TPSA) is 36.6 Å². The summed E-state index contributed by atoms with van der Waals surface area (Å²) < 4.78 is 5.22. The second kappa shape index (κ2) is 6.92. The number of aliphatic hydroxyl groups is 1. The van der Waals surface area contributed by atoms with E-state index in [1.807, 2.05) is 24.3 Å². The number of benzene rings is 1. The second-order valence-corrected chi connectivity index (χ2v) is 4.50. The Morgan fingerprint density at radius 1 is 1.21 bits per heavy atom. The molecule has 0 aliphatic heterocycles. The number of rotatable bonds is 7. The summed E-state index contributed by atoms with van der Waals surface area (Å²) in [5.74, 6) is 0.599. The summed E-state index contributed by atoms with van der Waals surface area (Å²) in [6, 6.07) is 13.8. The molecule has 0 saturated heterocycles. The first-order valence-corrected chi connectivity index (χ1v) is 6.38. The molecule has 0 aliphatic carbocycles. The van der Waals surface area contributed by atoms with Gasteiger partial charge in [-0.3, -0.25) is 4.90 Å². The van der Waals surface area contributed by atoms with Gasteiger partial charge in [0.25, 0.3) is 0 Å². The first kappa shape index (κ1) is 13.6. The van der Waals surface area contributed by atoms with Crippen LogP contribution in [0.4, 0.5) is 0 Å². The maximum Gasteiger partial charge on any atom is 0.133 e. The first-order valence-electron chi connectivity index (χ1n) is 6.38. The first-order chi connectivity index (χ1) is 9.29. The summed E-state index contributed by atoms with van der Waals surface area (Å²) in [6.45, 7) is 5.80. The molecule has 1 aromatic carbocycles. The molecule has 1 heterocycles. The van der Waals surface area contributed by atoms with Crippen molar-refractivity contribution in [1.29, 1.82) is 0 Å². The minimum Gasteiger partial charge on any atom is -0.467 e. The average Bonchev–Trinajstić information content (AvgIpc) is 2.94. The molecule has 0 bridgehead atoms. The third kappa shape index (κ3) is 4.09. The zero-order chi connectivity index (χ0) is 13.5. The highest BCUT2D eigenvalue weighted by Crippen LogP contribution is 2.16. The predicted molar refractivity (Wildman–Crippen MR) is 75.6 cm³/mol. The molecule has 3 nitrogen and oxygen atoms in total. The van der Waals surface area contributed by atoms with E-state index in [4.69, 9.17) is 4.42 Å². The SMILES string of the molecule is C=CCN(Cc1ccccc1)CC(O)c1ccco1. The molecule has 1 atom stereocenters. The predicted octanol–water partition coefficient (Wildman–Crippen LogP) is 3.00. The fourth-order valence-electron chi connectivity index (χ4n) is 2.04. The van der Waals surface area contributed by atoms with Gasteiger partial charge in [0.15, 0.2) is 0 Å². The Bertz CT molecular complexity index is 479. The van der Waals surface area contributed by atoms with Gasteiger partial charge in [0.2, 0.25) is 0 Å². The molecule has 0 radical (unpaired) electrons. The fourth-order valence-corrected chi connectivity index (χ4v) is 2.04. The van der Waals surface area contributed by atoms with E-state index in [0.29, 0.717) is 12.3 Å². The fraction of sp³-hybridized carbons (Fsp3) is 0.250. The summed E-state index contributed by atoms with van der Waals surface area (Å²) in [5.41, 5.74) is 1.22. The lowest BCUT2D eigenvalue weighted by Crippen LogP contribution is -2.28. The van der Waals surface area contributed by atoms with Crippen molar-refractivity contribution in [2.24, 2.45) is 0 Å². The van der Waals surface area contributed by atoms with Crippen molar-refractivity contribution in [2.45, 2.75) is 12.6 Å². The van der Waals surface area contributed by atoms with E-state index in [1.165, 1.54) is 5.56 Å². The number of furan rings is 1. The van der Waals surface area contributed by atoms with Crippen molar-refractivity contribution < 1.29 is 9.52 Å². The zero-order valence-corrected chi connectivity index (χ0v) is 10.9. The maximum absolute atomic E-state index is 10.1. The van der Waals surface area contributed by atoms with Crippen molar-refractivity contribution in [1.82, 2.24) is 4.90 Å². The molecule has 3 heteroatoms. The number of aliphatic hydroxyl groups excluding tert-OH is 1. The van der Waals surface area contributed by atoms with Crippen molar-refractivity contribution in [3.63, 3.8) is 0 Å². The Morgan fingerprint density at radius 2 is 2.00 bits per heavy atom. The van der Waals surface area contributed by atoms with Crippen molar-refractivity contribution in [3.05, 3.63) is 72.7 Å². The minimum absolute atomic E-state index is 0.522. The van der Waals surface area contributed by atoms with Gasteiger partial charge in [0.1, 0.15) is 11.9 Å². The molecule has 19 heavy (non-hydrogen) atoms. The standard InChI is InChI=1S/C16H19NO2/c1-2-10-17(12-14-7-4-3-5-8-14)13-15(18)16-9-6-11-19-16/h2-9,11,15,18H,1,10,12-13H2. The molecule has 2 aromatic rings. The lowest BCUT2D eigenvalue weighted by atomic mass is 10.2. The minimum atomic E-state index is -0.612. The molecular weight excluding hydrogens is 238 g/mol. The van der Waals surface area contributed by atoms with E-state index >= 15 is 0 Å². The Kier molecular flexibility index (Phi) is 4.95. The van der Waals surface area contributed by atoms with Crippen LogP contribution in [0.5, 0.6) is 0 Å². The van der Waals surface area contributed by atoms with E-state index in [1.54, 1.807) is 18.4 Å². The molecule has 0 amide bonds. The Labute approximate surface area is 113 Å². The summed E-state index contributed by atoms with van der Waals surface area (Å²) >= 11 is 0. The van der Waals surface area contributed by atoms with Crippen LogP contribution in [0.25, 0.3) is 0 Å². The van der Waals surface area contributed by atoms with Crippen LogP contribution in [-0.2, 0) is 6.54 Å². The third-order valence-corrected chi connectivity index (χ3v) is 2.94. The lowest BCUT2D eigenvalue weighted by Gasteiger charge is -2.23. The van der Waals surface area contributed by atoms with Crippen LogP contribution in [0.15, 0.2) is 65.8 Å². The van der Waals surface area contributed by atoms with Crippen molar-refractivity contribution in [3.8, 4) is 0 Å². The van der Waals surface area contributed by atoms with Gasteiger partial charge >= 0.3 is 0 Å². The third-order valence-electron chi connectivity index (χ3n) is 2.94. The van der Waals surface area contributed by atoms with E-state index in [-0.39, 0.29) is 0 Å². The van der Waals surface area contributed by atoms with Crippen molar-refractivity contribution >= 4 is 0 Å².